The Morgan fingerprint density at radius 1 is 1.37 bits per heavy atom. The predicted molar refractivity (Wildman–Crippen MR) is 82.9 cm³/mol. The Bertz CT molecular complexity index is 656. The van der Waals surface area contributed by atoms with E-state index in [9.17, 15) is 0 Å². The van der Waals surface area contributed by atoms with Gasteiger partial charge in [0.05, 0.1) is 10.7 Å². The van der Waals surface area contributed by atoms with Gasteiger partial charge in [-0.25, -0.2) is 0 Å². The number of benzene rings is 1. The van der Waals surface area contributed by atoms with E-state index in [2.05, 4.69) is 13.0 Å². The highest BCUT2D eigenvalue weighted by Crippen LogP contribution is 2.42. The molecule has 19 heavy (non-hydrogen) atoms. The lowest BCUT2D eigenvalue weighted by atomic mass is 10.0. The van der Waals surface area contributed by atoms with Gasteiger partial charge < -0.3 is 5.73 Å². The minimum Gasteiger partial charge on any atom is -0.397 e. The molecule has 0 spiro atoms. The molecule has 0 aliphatic heterocycles. The van der Waals surface area contributed by atoms with Crippen LogP contribution in [0.2, 0.25) is 10.0 Å². The lowest BCUT2D eigenvalue weighted by Crippen LogP contribution is -1.93. The first-order valence-electron chi connectivity index (χ1n) is 5.85. The molecule has 0 unspecified atom stereocenters. The minimum atomic E-state index is 0.546. The Morgan fingerprint density at radius 2 is 2.11 bits per heavy atom. The van der Waals surface area contributed by atoms with Crippen LogP contribution in [0.25, 0.3) is 10.4 Å². The number of nitrogen functional groups attached to an aromatic ring is 1. The van der Waals surface area contributed by atoms with E-state index in [1.165, 1.54) is 11.3 Å². The van der Waals surface area contributed by atoms with E-state index in [1.807, 2.05) is 6.07 Å². The van der Waals surface area contributed by atoms with Gasteiger partial charge in [0.25, 0.3) is 0 Å². The Labute approximate surface area is 126 Å². The van der Waals surface area contributed by atoms with Crippen molar-refractivity contribution >= 4 is 40.2 Å². The molecule has 0 radical (unpaired) electrons. The van der Waals surface area contributed by atoms with Crippen molar-refractivity contribution in [3.63, 3.8) is 0 Å². The van der Waals surface area contributed by atoms with Crippen molar-refractivity contribution in [3.05, 3.63) is 38.7 Å². The van der Waals surface area contributed by atoms with E-state index >= 15 is 0 Å². The van der Waals surface area contributed by atoms with Gasteiger partial charge in [-0.1, -0.05) is 42.6 Å². The molecule has 2 nitrogen and oxygen atoms in total. The van der Waals surface area contributed by atoms with Gasteiger partial charge in [-0.2, -0.15) is 5.26 Å². The number of nitrogens with two attached hydrogens (primary N) is 1. The first-order chi connectivity index (χ1) is 9.08. The van der Waals surface area contributed by atoms with Gasteiger partial charge >= 0.3 is 0 Å². The van der Waals surface area contributed by atoms with Crippen molar-refractivity contribution in [3.8, 4) is 16.5 Å². The summed E-state index contributed by atoms with van der Waals surface area (Å²) in [4.78, 5) is 1.52. The molecule has 1 aromatic carbocycles. The van der Waals surface area contributed by atoms with E-state index in [0.29, 0.717) is 20.6 Å². The molecule has 5 heteroatoms. The summed E-state index contributed by atoms with van der Waals surface area (Å²) in [5, 5.41) is 10.3. The molecule has 0 atom stereocenters. The molecule has 0 bridgehead atoms. The molecular formula is C14H12Cl2N2S. The zero-order valence-corrected chi connectivity index (χ0v) is 12.7. The zero-order valence-electron chi connectivity index (χ0n) is 10.3. The maximum atomic E-state index is 9.11. The summed E-state index contributed by atoms with van der Waals surface area (Å²) in [5.74, 6) is 0. The molecule has 2 aromatic rings. The Morgan fingerprint density at radius 3 is 2.68 bits per heavy atom. The number of nitrogens with zero attached hydrogens (tertiary/aromatic N) is 1. The van der Waals surface area contributed by atoms with Gasteiger partial charge in [-0.15, -0.1) is 11.3 Å². The fraction of sp³-hybridized carbons (Fsp3) is 0.214. The number of rotatable bonds is 3. The Balaban J connectivity index is 2.64. The molecule has 0 aliphatic carbocycles. The highest BCUT2D eigenvalue weighted by Gasteiger charge is 2.18. The zero-order chi connectivity index (χ0) is 14.0. The monoisotopic (exact) mass is 310 g/mol. The summed E-state index contributed by atoms with van der Waals surface area (Å²) in [6.07, 6.45) is 1.79. The van der Waals surface area contributed by atoms with Crippen LogP contribution in [-0.4, -0.2) is 0 Å². The summed E-state index contributed by atoms with van der Waals surface area (Å²) in [6.45, 7) is 2.08. The van der Waals surface area contributed by atoms with Crippen LogP contribution in [0.3, 0.4) is 0 Å². The summed E-state index contributed by atoms with van der Waals surface area (Å²) >= 11 is 13.5. The largest absolute Gasteiger partial charge is 0.397 e. The van der Waals surface area contributed by atoms with Gasteiger partial charge in [-0.05, 0) is 24.1 Å². The van der Waals surface area contributed by atoms with E-state index < -0.39 is 0 Å². The average Bonchev–Trinajstić information content (AvgIpc) is 2.68. The Kier molecular flexibility index (Phi) is 4.36. The second-order valence-corrected chi connectivity index (χ2v) is 6.00. The molecule has 2 N–H and O–H groups in total. The van der Waals surface area contributed by atoms with E-state index in [1.54, 1.807) is 12.1 Å². The van der Waals surface area contributed by atoms with Crippen molar-refractivity contribution in [2.45, 2.75) is 19.8 Å². The number of hydrogen-bond acceptors (Lipinski definition) is 3. The maximum absolute atomic E-state index is 9.11. The molecule has 2 rings (SSSR count). The number of nitriles is 1. The van der Waals surface area contributed by atoms with E-state index in [0.717, 1.165) is 28.8 Å². The molecule has 0 aliphatic rings. The lowest BCUT2D eigenvalue weighted by molar-refractivity contribution is 0.930. The summed E-state index contributed by atoms with van der Waals surface area (Å²) in [7, 11) is 0. The summed E-state index contributed by atoms with van der Waals surface area (Å²) in [6, 6.07) is 7.51. The number of halogens is 2. The third-order valence-corrected chi connectivity index (χ3v) is 4.56. The molecule has 0 saturated carbocycles. The predicted octanol–water partition coefficient (Wildman–Crippen LogP) is 5.13. The second kappa shape index (κ2) is 5.83. The van der Waals surface area contributed by atoms with Crippen LogP contribution >= 0.6 is 34.5 Å². The number of hydrogen-bond donors (Lipinski definition) is 1. The molecule has 0 saturated heterocycles. The van der Waals surface area contributed by atoms with Crippen LogP contribution in [-0.2, 0) is 6.42 Å². The quantitative estimate of drug-likeness (QED) is 0.854. The molecule has 0 amide bonds. The lowest BCUT2D eigenvalue weighted by Gasteiger charge is -2.06. The Hall–Kier alpha value is -1.21. The van der Waals surface area contributed by atoms with Gasteiger partial charge in [0.2, 0.25) is 0 Å². The topological polar surface area (TPSA) is 49.8 Å². The summed E-state index contributed by atoms with van der Waals surface area (Å²) in [5.41, 5.74) is 8.51. The van der Waals surface area contributed by atoms with Crippen molar-refractivity contribution in [2.75, 3.05) is 5.73 Å². The van der Waals surface area contributed by atoms with Gasteiger partial charge in [0, 0.05) is 15.5 Å². The van der Waals surface area contributed by atoms with Crippen LogP contribution in [0, 0.1) is 11.3 Å². The van der Waals surface area contributed by atoms with Crippen LogP contribution in [0.4, 0.5) is 5.69 Å². The smallest absolute Gasteiger partial charge is 0.128 e. The fourth-order valence-electron chi connectivity index (χ4n) is 1.95. The van der Waals surface area contributed by atoms with Gasteiger partial charge in [-0.3, -0.25) is 0 Å². The highest BCUT2D eigenvalue weighted by molar-refractivity contribution is 7.17. The van der Waals surface area contributed by atoms with Gasteiger partial charge in [0.1, 0.15) is 10.9 Å². The van der Waals surface area contributed by atoms with Gasteiger partial charge in [0.15, 0.2) is 0 Å². The first-order valence-corrected chi connectivity index (χ1v) is 7.42. The number of thiophene rings is 1. The van der Waals surface area contributed by atoms with Crippen LogP contribution in [0.15, 0.2) is 18.2 Å². The molecule has 98 valence electrons. The standard InChI is InChI=1S/C14H12Cl2N2S/c1-2-3-10-13(18)12(7-17)19-14(10)9-5-4-8(15)6-11(9)16/h4-6H,2-3,18H2,1H3. The fourth-order valence-corrected chi connectivity index (χ4v) is 3.62. The SMILES string of the molecule is CCCc1c(-c2ccc(Cl)cc2Cl)sc(C#N)c1N. The normalized spacial score (nSPS) is 10.4. The molecule has 0 fully saturated rings. The average molecular weight is 311 g/mol. The molecule has 1 aromatic heterocycles. The van der Waals surface area contributed by atoms with Crippen molar-refractivity contribution in [2.24, 2.45) is 0 Å². The van der Waals surface area contributed by atoms with Crippen LogP contribution < -0.4 is 5.73 Å². The molecular weight excluding hydrogens is 299 g/mol. The third kappa shape index (κ3) is 2.71. The van der Waals surface area contributed by atoms with Crippen LogP contribution in [0.1, 0.15) is 23.8 Å². The third-order valence-electron chi connectivity index (χ3n) is 2.83. The van der Waals surface area contributed by atoms with E-state index in [-0.39, 0.29) is 0 Å². The highest BCUT2D eigenvalue weighted by atomic mass is 35.5. The maximum Gasteiger partial charge on any atom is 0.128 e. The molecule has 1 heterocycles. The summed E-state index contributed by atoms with van der Waals surface area (Å²) < 4.78 is 0. The van der Waals surface area contributed by atoms with Crippen molar-refractivity contribution in [1.82, 2.24) is 0 Å². The number of anilines is 1. The van der Waals surface area contributed by atoms with Crippen LogP contribution in [0.5, 0.6) is 0 Å². The second-order valence-electron chi connectivity index (χ2n) is 4.14. The van der Waals surface area contributed by atoms with E-state index in [4.69, 9.17) is 34.2 Å². The van der Waals surface area contributed by atoms with Crippen molar-refractivity contribution in [1.29, 1.82) is 5.26 Å². The van der Waals surface area contributed by atoms with Crippen molar-refractivity contribution < 1.29 is 0 Å². The first kappa shape index (κ1) is 14.2. The minimum absolute atomic E-state index is 0.546.